The van der Waals surface area contributed by atoms with Crippen molar-refractivity contribution in [2.45, 2.75) is 40.5 Å². The highest BCUT2D eigenvalue weighted by Crippen LogP contribution is 2.22. The Bertz CT molecular complexity index is 1200. The lowest BCUT2D eigenvalue weighted by atomic mass is 10.2. The van der Waals surface area contributed by atoms with Crippen LogP contribution in [0.5, 0.6) is 5.75 Å². The van der Waals surface area contributed by atoms with Gasteiger partial charge in [0.1, 0.15) is 12.4 Å². The quantitative estimate of drug-likeness (QED) is 0.459. The van der Waals surface area contributed by atoms with Gasteiger partial charge in [-0.3, -0.25) is 9.48 Å². The first-order chi connectivity index (χ1) is 15.5. The average Bonchev–Trinajstić information content (AvgIpc) is 3.38. The molecule has 0 saturated carbocycles. The second-order valence-corrected chi connectivity index (χ2v) is 7.37. The van der Waals surface area contributed by atoms with Gasteiger partial charge in [-0.15, -0.1) is 5.10 Å². The standard InChI is InChI=1S/C23H25N7O2/c1-4-29-21(25-27-28-29)15-32-20-12-10-19(11-13-20)23(31)24-22-16(2)26-30(17(22)3)14-18-8-6-5-7-9-18/h5-13H,4,14-15H2,1-3H3,(H,24,31). The van der Waals surface area contributed by atoms with Gasteiger partial charge >= 0.3 is 0 Å². The summed E-state index contributed by atoms with van der Waals surface area (Å²) in [6.45, 7) is 7.39. The molecule has 32 heavy (non-hydrogen) atoms. The highest BCUT2D eigenvalue weighted by atomic mass is 16.5. The molecule has 0 aliphatic heterocycles. The van der Waals surface area contributed by atoms with Gasteiger partial charge < -0.3 is 10.1 Å². The van der Waals surface area contributed by atoms with E-state index in [0.717, 1.165) is 22.6 Å². The van der Waals surface area contributed by atoms with E-state index in [9.17, 15) is 4.79 Å². The van der Waals surface area contributed by atoms with Crippen LogP contribution in [0.1, 0.15) is 40.1 Å². The molecule has 164 valence electrons. The van der Waals surface area contributed by atoms with Crippen molar-refractivity contribution in [2.24, 2.45) is 0 Å². The number of anilines is 1. The molecular formula is C23H25N7O2. The smallest absolute Gasteiger partial charge is 0.255 e. The van der Waals surface area contributed by atoms with Crippen molar-refractivity contribution < 1.29 is 9.53 Å². The van der Waals surface area contributed by atoms with Crippen molar-refractivity contribution in [2.75, 3.05) is 5.32 Å². The van der Waals surface area contributed by atoms with Crippen molar-refractivity contribution in [3.05, 3.63) is 82.9 Å². The molecule has 0 atom stereocenters. The van der Waals surface area contributed by atoms with Crippen molar-refractivity contribution in [3.8, 4) is 5.75 Å². The molecule has 1 amide bonds. The summed E-state index contributed by atoms with van der Waals surface area (Å²) >= 11 is 0. The summed E-state index contributed by atoms with van der Waals surface area (Å²) in [4.78, 5) is 12.8. The summed E-state index contributed by atoms with van der Waals surface area (Å²) in [6.07, 6.45) is 0. The van der Waals surface area contributed by atoms with Gasteiger partial charge in [0.05, 0.1) is 23.6 Å². The third-order valence-corrected chi connectivity index (χ3v) is 5.19. The predicted octanol–water partition coefficient (Wildman–Crippen LogP) is 3.39. The Morgan fingerprint density at radius 1 is 1.03 bits per heavy atom. The molecule has 2 aromatic heterocycles. The highest BCUT2D eigenvalue weighted by molar-refractivity contribution is 6.04. The van der Waals surface area contributed by atoms with E-state index in [0.29, 0.717) is 30.2 Å². The Morgan fingerprint density at radius 3 is 2.50 bits per heavy atom. The average molecular weight is 432 g/mol. The molecule has 2 aromatic carbocycles. The van der Waals surface area contributed by atoms with E-state index in [-0.39, 0.29) is 12.5 Å². The maximum absolute atomic E-state index is 12.8. The zero-order valence-electron chi connectivity index (χ0n) is 18.3. The third kappa shape index (κ3) is 4.66. The van der Waals surface area contributed by atoms with E-state index in [1.165, 1.54) is 0 Å². The molecule has 0 fully saturated rings. The Hall–Kier alpha value is -4.01. The minimum atomic E-state index is -0.197. The first-order valence-corrected chi connectivity index (χ1v) is 10.4. The Morgan fingerprint density at radius 2 is 1.78 bits per heavy atom. The Labute approximate surface area is 186 Å². The van der Waals surface area contributed by atoms with Gasteiger partial charge in [-0.05, 0) is 61.0 Å². The van der Waals surface area contributed by atoms with Gasteiger partial charge in [-0.2, -0.15) is 5.10 Å². The van der Waals surface area contributed by atoms with Gasteiger partial charge in [-0.1, -0.05) is 30.3 Å². The molecule has 0 unspecified atom stereocenters. The van der Waals surface area contributed by atoms with E-state index in [4.69, 9.17) is 4.74 Å². The molecule has 4 aromatic rings. The minimum Gasteiger partial charge on any atom is -0.486 e. The number of carbonyl (C=O) groups is 1. The molecule has 0 aliphatic rings. The molecule has 1 N–H and O–H groups in total. The topological polar surface area (TPSA) is 99.8 Å². The van der Waals surface area contributed by atoms with Gasteiger partial charge in [-0.25, -0.2) is 4.68 Å². The number of hydrogen-bond donors (Lipinski definition) is 1. The number of hydrogen-bond acceptors (Lipinski definition) is 6. The van der Waals surface area contributed by atoms with E-state index < -0.39 is 0 Å². The number of amides is 1. The summed E-state index contributed by atoms with van der Waals surface area (Å²) < 4.78 is 9.31. The summed E-state index contributed by atoms with van der Waals surface area (Å²) in [5.41, 5.74) is 4.11. The van der Waals surface area contributed by atoms with Gasteiger partial charge in [0.15, 0.2) is 5.82 Å². The first kappa shape index (κ1) is 21.2. The normalized spacial score (nSPS) is 10.8. The number of benzene rings is 2. The fourth-order valence-electron chi connectivity index (χ4n) is 3.40. The van der Waals surface area contributed by atoms with Crippen LogP contribution in [-0.2, 0) is 19.7 Å². The Balaban J connectivity index is 1.40. The predicted molar refractivity (Wildman–Crippen MR) is 119 cm³/mol. The van der Waals surface area contributed by atoms with E-state index in [1.54, 1.807) is 28.9 Å². The number of aryl methyl sites for hydroxylation is 2. The molecule has 4 rings (SSSR count). The van der Waals surface area contributed by atoms with Crippen molar-refractivity contribution >= 4 is 11.6 Å². The Kier molecular flexibility index (Phi) is 6.25. The maximum atomic E-state index is 12.8. The largest absolute Gasteiger partial charge is 0.486 e. The number of nitrogens with zero attached hydrogens (tertiary/aromatic N) is 6. The maximum Gasteiger partial charge on any atom is 0.255 e. The fourth-order valence-corrected chi connectivity index (χ4v) is 3.40. The summed E-state index contributed by atoms with van der Waals surface area (Å²) in [7, 11) is 0. The molecular weight excluding hydrogens is 406 g/mol. The second kappa shape index (κ2) is 9.42. The van der Waals surface area contributed by atoms with Crippen LogP contribution in [0.25, 0.3) is 0 Å². The van der Waals surface area contributed by atoms with Crippen LogP contribution in [0.3, 0.4) is 0 Å². The summed E-state index contributed by atoms with van der Waals surface area (Å²) in [5, 5.41) is 19.1. The van der Waals surface area contributed by atoms with E-state index in [2.05, 4.69) is 38.1 Å². The number of ether oxygens (including phenoxy) is 1. The lowest BCUT2D eigenvalue weighted by molar-refractivity contribution is 0.102. The molecule has 9 heteroatoms. The van der Waals surface area contributed by atoms with E-state index in [1.807, 2.05) is 43.7 Å². The van der Waals surface area contributed by atoms with Gasteiger partial charge in [0.25, 0.3) is 5.91 Å². The number of tetrazole rings is 1. The summed E-state index contributed by atoms with van der Waals surface area (Å²) in [6, 6.07) is 17.1. The van der Waals surface area contributed by atoms with Crippen molar-refractivity contribution in [1.29, 1.82) is 0 Å². The first-order valence-electron chi connectivity index (χ1n) is 10.4. The zero-order valence-corrected chi connectivity index (χ0v) is 18.3. The number of nitrogens with one attached hydrogen (secondary N) is 1. The van der Waals surface area contributed by atoms with Crippen LogP contribution >= 0.6 is 0 Å². The SMILES string of the molecule is CCn1nnnc1COc1ccc(C(=O)Nc2c(C)nn(Cc3ccccc3)c2C)cc1. The highest BCUT2D eigenvalue weighted by Gasteiger charge is 2.16. The summed E-state index contributed by atoms with van der Waals surface area (Å²) in [5.74, 6) is 1.08. The fraction of sp³-hybridized carbons (Fsp3) is 0.261. The second-order valence-electron chi connectivity index (χ2n) is 7.37. The van der Waals surface area contributed by atoms with Crippen molar-refractivity contribution in [3.63, 3.8) is 0 Å². The van der Waals surface area contributed by atoms with Gasteiger partial charge in [0.2, 0.25) is 0 Å². The monoisotopic (exact) mass is 431 g/mol. The molecule has 0 radical (unpaired) electrons. The minimum absolute atomic E-state index is 0.197. The van der Waals surface area contributed by atoms with Crippen LogP contribution in [0, 0.1) is 13.8 Å². The van der Waals surface area contributed by atoms with Crippen molar-refractivity contribution in [1.82, 2.24) is 30.0 Å². The van der Waals surface area contributed by atoms with Gasteiger partial charge in [0, 0.05) is 12.1 Å². The lowest BCUT2D eigenvalue weighted by Crippen LogP contribution is -2.13. The number of carbonyl (C=O) groups excluding carboxylic acids is 1. The number of aromatic nitrogens is 6. The molecule has 0 saturated heterocycles. The molecule has 0 bridgehead atoms. The van der Waals surface area contributed by atoms with Crippen LogP contribution in [0.15, 0.2) is 54.6 Å². The van der Waals surface area contributed by atoms with E-state index >= 15 is 0 Å². The number of rotatable bonds is 8. The molecule has 9 nitrogen and oxygen atoms in total. The zero-order chi connectivity index (χ0) is 22.5. The van der Waals surface area contributed by atoms with Crippen LogP contribution in [0.4, 0.5) is 5.69 Å². The van der Waals surface area contributed by atoms with Crippen LogP contribution in [-0.4, -0.2) is 35.9 Å². The lowest BCUT2D eigenvalue weighted by Gasteiger charge is -2.09. The third-order valence-electron chi connectivity index (χ3n) is 5.19. The molecule has 2 heterocycles. The van der Waals surface area contributed by atoms with Crippen LogP contribution in [0.2, 0.25) is 0 Å². The molecule has 0 spiro atoms. The molecule has 0 aliphatic carbocycles. The van der Waals surface area contributed by atoms with Crippen LogP contribution < -0.4 is 10.1 Å².